The number of anilines is 1. The van der Waals surface area contributed by atoms with Crippen molar-refractivity contribution >= 4 is 17.3 Å². The molecule has 2 atom stereocenters. The van der Waals surface area contributed by atoms with Gasteiger partial charge in [0.1, 0.15) is 11.5 Å². The number of nitrogens with zero attached hydrogens (tertiary/aromatic N) is 2. The van der Waals surface area contributed by atoms with Crippen LogP contribution in [0.15, 0.2) is 36.4 Å². The minimum atomic E-state index is -0.706. The number of fused-ring (bicyclic) bond motifs is 1. The van der Waals surface area contributed by atoms with Crippen LogP contribution in [-0.4, -0.2) is 32.9 Å². The Hall–Kier alpha value is -2.40. The van der Waals surface area contributed by atoms with Gasteiger partial charge in [0.15, 0.2) is 0 Å². The molecule has 5 heteroatoms. The molecule has 130 valence electrons. The molecule has 25 heavy (non-hydrogen) atoms. The molecule has 0 bridgehead atoms. The van der Waals surface area contributed by atoms with Crippen LogP contribution in [0.2, 0.25) is 0 Å². The maximum absolute atomic E-state index is 12.6. The van der Waals surface area contributed by atoms with E-state index in [1.807, 2.05) is 37.3 Å². The molecule has 0 saturated heterocycles. The summed E-state index contributed by atoms with van der Waals surface area (Å²) >= 11 is 0. The number of allylic oxidation sites excluding steroid dienone is 2. The lowest BCUT2D eigenvalue weighted by molar-refractivity contribution is 0.0785. The Bertz CT molecular complexity index is 823. The van der Waals surface area contributed by atoms with Crippen LogP contribution in [0, 0.1) is 0 Å². The van der Waals surface area contributed by atoms with E-state index in [2.05, 4.69) is 16.5 Å². The summed E-state index contributed by atoms with van der Waals surface area (Å²) < 4.78 is 1.46. The zero-order valence-electron chi connectivity index (χ0n) is 14.4. The highest BCUT2D eigenvalue weighted by atomic mass is 16.3. The molecular weight excluding hydrogens is 314 g/mol. The SMILES string of the molecule is C[C@@H]1Nc2c(C3=CCCCC3)c(-c3ccccc3)nn2C(=O)CC1O. The monoisotopic (exact) mass is 337 g/mol. The summed E-state index contributed by atoms with van der Waals surface area (Å²) in [5, 5.41) is 18.2. The van der Waals surface area contributed by atoms with Gasteiger partial charge >= 0.3 is 0 Å². The van der Waals surface area contributed by atoms with Gasteiger partial charge in [-0.1, -0.05) is 36.4 Å². The Morgan fingerprint density at radius 1 is 1.24 bits per heavy atom. The molecule has 1 aromatic carbocycles. The molecule has 2 aromatic rings. The molecule has 0 radical (unpaired) electrons. The van der Waals surface area contributed by atoms with Crippen LogP contribution < -0.4 is 5.32 Å². The van der Waals surface area contributed by atoms with Crippen LogP contribution in [0.3, 0.4) is 0 Å². The number of aromatic nitrogens is 2. The first-order valence-electron chi connectivity index (χ1n) is 9.01. The average molecular weight is 337 g/mol. The third kappa shape index (κ3) is 2.89. The second kappa shape index (κ2) is 6.48. The highest BCUT2D eigenvalue weighted by Crippen LogP contribution is 2.40. The van der Waals surface area contributed by atoms with Gasteiger partial charge in [0.05, 0.1) is 18.6 Å². The van der Waals surface area contributed by atoms with Crippen LogP contribution in [0.5, 0.6) is 0 Å². The van der Waals surface area contributed by atoms with E-state index >= 15 is 0 Å². The van der Waals surface area contributed by atoms with Gasteiger partial charge in [0.25, 0.3) is 5.91 Å². The van der Waals surface area contributed by atoms with Gasteiger partial charge in [-0.2, -0.15) is 9.78 Å². The summed E-state index contributed by atoms with van der Waals surface area (Å²) in [7, 11) is 0. The number of aliphatic hydroxyl groups excluding tert-OH is 1. The van der Waals surface area contributed by atoms with Crippen LogP contribution in [-0.2, 0) is 0 Å². The van der Waals surface area contributed by atoms with Gasteiger partial charge < -0.3 is 10.4 Å². The zero-order valence-corrected chi connectivity index (χ0v) is 14.4. The van der Waals surface area contributed by atoms with E-state index in [9.17, 15) is 9.90 Å². The number of aliphatic hydroxyl groups is 1. The van der Waals surface area contributed by atoms with Crippen molar-refractivity contribution in [1.82, 2.24) is 9.78 Å². The van der Waals surface area contributed by atoms with Gasteiger partial charge in [-0.3, -0.25) is 4.79 Å². The lowest BCUT2D eigenvalue weighted by Crippen LogP contribution is -2.30. The lowest BCUT2D eigenvalue weighted by atomic mass is 9.91. The van der Waals surface area contributed by atoms with Gasteiger partial charge in [0.2, 0.25) is 0 Å². The fourth-order valence-corrected chi connectivity index (χ4v) is 3.65. The van der Waals surface area contributed by atoms with Crippen molar-refractivity contribution in [3.05, 3.63) is 42.0 Å². The highest BCUT2D eigenvalue weighted by Gasteiger charge is 2.32. The van der Waals surface area contributed by atoms with E-state index in [4.69, 9.17) is 0 Å². The quantitative estimate of drug-likeness (QED) is 0.876. The predicted octanol–water partition coefficient (Wildman–Crippen LogP) is 3.71. The molecule has 1 unspecified atom stereocenters. The molecule has 5 nitrogen and oxygen atoms in total. The molecule has 0 saturated carbocycles. The first-order valence-corrected chi connectivity index (χ1v) is 9.01. The maximum Gasteiger partial charge on any atom is 0.251 e. The Morgan fingerprint density at radius 3 is 2.76 bits per heavy atom. The second-order valence-electron chi connectivity index (χ2n) is 6.92. The fraction of sp³-hybridized carbons (Fsp3) is 0.400. The van der Waals surface area contributed by atoms with E-state index < -0.39 is 6.10 Å². The minimum absolute atomic E-state index is 0.0789. The number of benzene rings is 1. The molecule has 1 aromatic heterocycles. The van der Waals surface area contributed by atoms with Crippen LogP contribution in [0.25, 0.3) is 16.8 Å². The van der Waals surface area contributed by atoms with Crippen LogP contribution in [0.4, 0.5) is 5.82 Å². The van der Waals surface area contributed by atoms with Crippen molar-refractivity contribution in [3.8, 4) is 11.3 Å². The Kier molecular flexibility index (Phi) is 4.17. The normalized spacial score (nSPS) is 23.4. The number of carbonyl (C=O) groups is 1. The molecule has 2 aliphatic rings. The van der Waals surface area contributed by atoms with Crippen molar-refractivity contribution in [3.63, 3.8) is 0 Å². The van der Waals surface area contributed by atoms with E-state index in [1.165, 1.54) is 16.7 Å². The largest absolute Gasteiger partial charge is 0.390 e. The molecule has 2 heterocycles. The molecule has 4 rings (SSSR count). The number of hydrogen-bond donors (Lipinski definition) is 2. The van der Waals surface area contributed by atoms with Gasteiger partial charge in [-0.05, 0) is 38.2 Å². The first-order chi connectivity index (χ1) is 12.1. The molecule has 1 aliphatic carbocycles. The summed E-state index contributed by atoms with van der Waals surface area (Å²) in [6, 6.07) is 9.80. The summed E-state index contributed by atoms with van der Waals surface area (Å²) in [5.41, 5.74) is 4.11. The molecule has 0 fully saturated rings. The molecular formula is C20H23N3O2. The Labute approximate surface area is 147 Å². The van der Waals surface area contributed by atoms with E-state index in [0.29, 0.717) is 0 Å². The van der Waals surface area contributed by atoms with Gasteiger partial charge in [-0.25, -0.2) is 0 Å². The van der Waals surface area contributed by atoms with Crippen molar-refractivity contribution in [2.45, 2.75) is 51.2 Å². The second-order valence-corrected chi connectivity index (χ2v) is 6.92. The van der Waals surface area contributed by atoms with Crippen molar-refractivity contribution in [2.24, 2.45) is 0 Å². The Morgan fingerprint density at radius 2 is 2.04 bits per heavy atom. The smallest absolute Gasteiger partial charge is 0.251 e. The molecule has 0 spiro atoms. The zero-order chi connectivity index (χ0) is 17.4. The fourth-order valence-electron chi connectivity index (χ4n) is 3.65. The predicted molar refractivity (Wildman–Crippen MR) is 98.4 cm³/mol. The van der Waals surface area contributed by atoms with Crippen molar-refractivity contribution in [1.29, 1.82) is 0 Å². The minimum Gasteiger partial charge on any atom is -0.390 e. The first kappa shape index (κ1) is 16.1. The van der Waals surface area contributed by atoms with E-state index in [-0.39, 0.29) is 18.4 Å². The summed E-state index contributed by atoms with van der Waals surface area (Å²) in [6.07, 6.45) is 6.04. The van der Waals surface area contributed by atoms with E-state index in [1.54, 1.807) is 0 Å². The van der Waals surface area contributed by atoms with Crippen molar-refractivity contribution < 1.29 is 9.90 Å². The van der Waals surface area contributed by atoms with Crippen LogP contribution >= 0.6 is 0 Å². The molecule has 2 N–H and O–H groups in total. The number of nitrogens with one attached hydrogen (secondary N) is 1. The third-order valence-electron chi connectivity index (χ3n) is 5.11. The third-order valence-corrected chi connectivity index (χ3v) is 5.11. The summed E-state index contributed by atoms with van der Waals surface area (Å²) in [5.74, 6) is 0.556. The molecule has 1 aliphatic heterocycles. The molecule has 0 amide bonds. The van der Waals surface area contributed by atoms with Gasteiger partial charge in [0, 0.05) is 11.1 Å². The van der Waals surface area contributed by atoms with Crippen LogP contribution in [0.1, 0.15) is 49.4 Å². The number of rotatable bonds is 2. The number of carbonyl (C=O) groups excluding carboxylic acids is 1. The average Bonchev–Trinajstić information content (AvgIpc) is 2.97. The standard InChI is InChI=1S/C20H23N3O2/c1-13-16(24)12-17(25)23-20(21-13)18(14-8-4-2-5-9-14)19(22-23)15-10-6-3-7-11-15/h3,6-8,10-11,13,16,21,24H,2,4-5,9,12H2,1H3/t13-,16?/m0/s1. The summed E-state index contributed by atoms with van der Waals surface area (Å²) in [6.45, 7) is 1.90. The topological polar surface area (TPSA) is 67.2 Å². The Balaban J connectivity index is 1.93. The summed E-state index contributed by atoms with van der Waals surface area (Å²) in [4.78, 5) is 12.6. The van der Waals surface area contributed by atoms with Gasteiger partial charge in [-0.15, -0.1) is 0 Å². The van der Waals surface area contributed by atoms with E-state index in [0.717, 1.165) is 41.9 Å². The highest BCUT2D eigenvalue weighted by molar-refractivity contribution is 5.92. The lowest BCUT2D eigenvalue weighted by Gasteiger charge is -2.19. The maximum atomic E-state index is 12.6. The van der Waals surface area contributed by atoms with Crippen molar-refractivity contribution in [2.75, 3.05) is 5.32 Å². The number of hydrogen-bond acceptors (Lipinski definition) is 4.